The molecule has 0 saturated carbocycles. The summed E-state index contributed by atoms with van der Waals surface area (Å²) in [5.74, 6) is -0.184. The van der Waals surface area contributed by atoms with Crippen LogP contribution in [0.15, 0.2) is 72.8 Å². The number of nitrogens with zero attached hydrogens (tertiary/aromatic N) is 3. The molecule has 0 amide bonds. The smallest absolute Gasteiger partial charge is 0.230 e. The molecule has 1 atom stereocenters. The first-order valence-electron chi connectivity index (χ1n) is 13.7. The lowest BCUT2D eigenvalue weighted by Crippen LogP contribution is -2.17. The largest absolute Gasteiger partial charge is 0.491 e. The predicted molar refractivity (Wildman–Crippen MR) is 155 cm³/mol. The molecule has 1 unspecified atom stereocenters. The molecule has 7 nitrogen and oxygen atoms in total. The standard InChI is InChI=1S/C33H35N3O4/c1-4-5-6-7-8-27(37)21-40-28-19-17-26(18-20-28)31-34-32(29(38)24-13-9-22(2)10-14-24)36-33(35-31)30(39)25-15-11-23(3)12-16-25/h9-20,27,37H,4-8,21H2,1-3H3. The van der Waals surface area contributed by atoms with Gasteiger partial charge in [0.25, 0.3) is 0 Å². The van der Waals surface area contributed by atoms with Crippen molar-refractivity contribution in [2.75, 3.05) is 6.61 Å². The molecule has 0 aliphatic rings. The minimum Gasteiger partial charge on any atom is -0.491 e. The highest BCUT2D eigenvalue weighted by atomic mass is 16.5. The number of aliphatic hydroxyl groups is 1. The molecule has 7 heteroatoms. The summed E-state index contributed by atoms with van der Waals surface area (Å²) >= 11 is 0. The minimum atomic E-state index is -0.522. The van der Waals surface area contributed by atoms with E-state index in [1.54, 1.807) is 48.5 Å². The molecule has 0 saturated heterocycles. The van der Waals surface area contributed by atoms with Crippen LogP contribution in [0.2, 0.25) is 0 Å². The number of carbonyl (C=O) groups is 2. The molecule has 4 rings (SSSR count). The van der Waals surface area contributed by atoms with Crippen LogP contribution in [0, 0.1) is 13.8 Å². The maximum Gasteiger partial charge on any atom is 0.230 e. The van der Waals surface area contributed by atoms with Crippen LogP contribution in [0.5, 0.6) is 5.75 Å². The lowest BCUT2D eigenvalue weighted by molar-refractivity contribution is 0.0975. The summed E-state index contributed by atoms with van der Waals surface area (Å²) in [6.07, 6.45) is 4.59. The van der Waals surface area contributed by atoms with Crippen molar-refractivity contribution >= 4 is 11.6 Å². The summed E-state index contributed by atoms with van der Waals surface area (Å²) < 4.78 is 5.76. The number of unbranched alkanes of at least 4 members (excludes halogenated alkanes) is 3. The first-order valence-corrected chi connectivity index (χ1v) is 13.7. The fourth-order valence-electron chi connectivity index (χ4n) is 4.16. The van der Waals surface area contributed by atoms with Gasteiger partial charge in [-0.3, -0.25) is 9.59 Å². The minimum absolute atomic E-state index is 0.101. The third-order valence-electron chi connectivity index (χ3n) is 6.61. The molecule has 4 aromatic rings. The zero-order valence-corrected chi connectivity index (χ0v) is 23.3. The van der Waals surface area contributed by atoms with E-state index < -0.39 is 17.7 Å². The van der Waals surface area contributed by atoms with Gasteiger partial charge >= 0.3 is 0 Å². The Bertz CT molecular complexity index is 1360. The predicted octanol–water partition coefficient (Wildman–Crippen LogP) is 6.33. The Balaban J connectivity index is 1.58. The Hall–Kier alpha value is -4.23. The average molecular weight is 538 g/mol. The van der Waals surface area contributed by atoms with Crippen molar-refractivity contribution in [2.24, 2.45) is 0 Å². The first kappa shape index (κ1) is 28.8. The van der Waals surface area contributed by atoms with E-state index in [0.29, 0.717) is 28.9 Å². The lowest BCUT2D eigenvalue weighted by atomic mass is 10.1. The fraction of sp³-hybridized carbons (Fsp3) is 0.303. The molecule has 0 aliphatic carbocycles. The summed E-state index contributed by atoms with van der Waals surface area (Å²) in [5, 5.41) is 10.2. The van der Waals surface area contributed by atoms with E-state index in [9.17, 15) is 14.7 Å². The topological polar surface area (TPSA) is 102 Å². The normalized spacial score (nSPS) is 11.7. The number of ether oxygens (including phenoxy) is 1. The van der Waals surface area contributed by atoms with Crippen LogP contribution in [0.4, 0.5) is 0 Å². The van der Waals surface area contributed by atoms with Gasteiger partial charge in [-0.15, -0.1) is 0 Å². The Morgan fingerprint density at radius 2 is 1.25 bits per heavy atom. The molecule has 1 heterocycles. The van der Waals surface area contributed by atoms with Gasteiger partial charge in [0.15, 0.2) is 5.82 Å². The lowest BCUT2D eigenvalue weighted by Gasteiger charge is -2.12. The number of benzene rings is 3. The molecule has 206 valence electrons. The second-order valence-electron chi connectivity index (χ2n) is 10.0. The van der Waals surface area contributed by atoms with Gasteiger partial charge in [-0.2, -0.15) is 0 Å². The molecule has 0 aliphatic heterocycles. The average Bonchev–Trinajstić information content (AvgIpc) is 2.98. The van der Waals surface area contributed by atoms with Crippen molar-refractivity contribution in [1.82, 2.24) is 15.0 Å². The third kappa shape index (κ3) is 7.67. The van der Waals surface area contributed by atoms with Crippen LogP contribution in [0.25, 0.3) is 11.4 Å². The van der Waals surface area contributed by atoms with Gasteiger partial charge in [-0.25, -0.2) is 15.0 Å². The number of ketones is 2. The van der Waals surface area contributed by atoms with Crippen LogP contribution in [-0.2, 0) is 0 Å². The first-order chi connectivity index (χ1) is 19.3. The number of aromatic nitrogens is 3. The highest BCUT2D eigenvalue weighted by Gasteiger charge is 2.21. The number of aliphatic hydroxyl groups excluding tert-OH is 1. The van der Waals surface area contributed by atoms with Crippen LogP contribution in [0.1, 0.15) is 82.5 Å². The van der Waals surface area contributed by atoms with Crippen LogP contribution < -0.4 is 4.74 Å². The molecule has 1 aromatic heterocycles. The second-order valence-corrected chi connectivity index (χ2v) is 10.0. The summed E-state index contributed by atoms with van der Waals surface area (Å²) in [7, 11) is 0. The Morgan fingerprint density at radius 3 is 1.75 bits per heavy atom. The van der Waals surface area contributed by atoms with Gasteiger partial charge in [0, 0.05) is 16.7 Å². The van der Waals surface area contributed by atoms with Crippen LogP contribution in [-0.4, -0.2) is 44.3 Å². The van der Waals surface area contributed by atoms with Crippen molar-refractivity contribution in [3.05, 3.63) is 107 Å². The molecular weight excluding hydrogens is 502 g/mol. The summed E-state index contributed by atoms with van der Waals surface area (Å²) in [4.78, 5) is 39.8. The molecule has 0 bridgehead atoms. The number of aryl methyl sites for hydroxylation is 2. The van der Waals surface area contributed by atoms with Crippen molar-refractivity contribution in [3.8, 4) is 17.1 Å². The Kier molecular flexibility index (Phi) is 9.86. The molecular formula is C33H35N3O4. The molecule has 3 aromatic carbocycles. The van der Waals surface area contributed by atoms with E-state index in [4.69, 9.17) is 4.74 Å². The summed E-state index contributed by atoms with van der Waals surface area (Å²) in [5.41, 5.74) is 3.50. The monoisotopic (exact) mass is 537 g/mol. The van der Waals surface area contributed by atoms with Crippen molar-refractivity contribution in [3.63, 3.8) is 0 Å². The highest BCUT2D eigenvalue weighted by molar-refractivity contribution is 6.09. The highest BCUT2D eigenvalue weighted by Crippen LogP contribution is 2.22. The van der Waals surface area contributed by atoms with Gasteiger partial charge in [0.05, 0.1) is 6.10 Å². The van der Waals surface area contributed by atoms with E-state index in [0.717, 1.165) is 30.4 Å². The molecule has 0 fully saturated rings. The van der Waals surface area contributed by atoms with Gasteiger partial charge in [-0.05, 0) is 44.5 Å². The van der Waals surface area contributed by atoms with Gasteiger partial charge in [0.2, 0.25) is 23.2 Å². The van der Waals surface area contributed by atoms with Gasteiger partial charge < -0.3 is 9.84 Å². The number of carbonyl (C=O) groups excluding carboxylic acids is 2. The van der Waals surface area contributed by atoms with E-state index >= 15 is 0 Å². The molecule has 1 N–H and O–H groups in total. The maximum atomic E-state index is 13.3. The number of hydrogen-bond acceptors (Lipinski definition) is 7. The maximum absolute atomic E-state index is 13.3. The zero-order valence-electron chi connectivity index (χ0n) is 23.3. The SMILES string of the molecule is CCCCCCC(O)COc1ccc(-c2nc(C(=O)c3ccc(C)cc3)nc(C(=O)c3ccc(C)cc3)n2)cc1. The van der Waals surface area contributed by atoms with Crippen molar-refractivity contribution in [1.29, 1.82) is 0 Å². The third-order valence-corrected chi connectivity index (χ3v) is 6.61. The molecule has 0 radical (unpaired) electrons. The summed E-state index contributed by atoms with van der Waals surface area (Å²) in [6, 6.07) is 21.3. The Morgan fingerprint density at radius 1 is 0.725 bits per heavy atom. The van der Waals surface area contributed by atoms with Crippen molar-refractivity contribution < 1.29 is 19.4 Å². The van der Waals surface area contributed by atoms with Gasteiger partial charge in [0.1, 0.15) is 12.4 Å². The van der Waals surface area contributed by atoms with Gasteiger partial charge in [-0.1, -0.05) is 92.3 Å². The van der Waals surface area contributed by atoms with E-state index in [1.807, 2.05) is 38.1 Å². The number of hydrogen-bond donors (Lipinski definition) is 1. The Labute approximate surface area is 235 Å². The quantitative estimate of drug-likeness (QED) is 0.157. The molecule has 0 spiro atoms. The fourth-order valence-corrected chi connectivity index (χ4v) is 4.16. The number of rotatable bonds is 13. The van der Waals surface area contributed by atoms with Crippen LogP contribution in [0.3, 0.4) is 0 Å². The van der Waals surface area contributed by atoms with Crippen LogP contribution >= 0.6 is 0 Å². The zero-order chi connectivity index (χ0) is 28.5. The molecule has 40 heavy (non-hydrogen) atoms. The van der Waals surface area contributed by atoms with Crippen molar-refractivity contribution in [2.45, 2.75) is 59.0 Å². The van der Waals surface area contributed by atoms with E-state index in [2.05, 4.69) is 21.9 Å². The van der Waals surface area contributed by atoms with E-state index in [-0.39, 0.29) is 24.1 Å². The second kappa shape index (κ2) is 13.7. The van der Waals surface area contributed by atoms with E-state index in [1.165, 1.54) is 6.42 Å². The summed E-state index contributed by atoms with van der Waals surface area (Å²) in [6.45, 7) is 6.25.